The van der Waals surface area contributed by atoms with E-state index in [2.05, 4.69) is 12.2 Å². The van der Waals surface area contributed by atoms with Crippen molar-refractivity contribution < 1.29 is 19.1 Å². The number of esters is 1. The molecule has 0 unspecified atom stereocenters. The van der Waals surface area contributed by atoms with Crippen LogP contribution in [0.1, 0.15) is 46.6 Å². The summed E-state index contributed by atoms with van der Waals surface area (Å²) in [5.41, 5.74) is 2.70. The molecule has 0 bridgehead atoms. The molecule has 0 saturated carbocycles. The van der Waals surface area contributed by atoms with Crippen LogP contribution in [0.15, 0.2) is 24.3 Å². The number of nitrogens with one attached hydrogen (secondary N) is 1. The van der Waals surface area contributed by atoms with Gasteiger partial charge in [0.05, 0.1) is 12.2 Å². The fourth-order valence-corrected chi connectivity index (χ4v) is 4.37. The van der Waals surface area contributed by atoms with E-state index < -0.39 is 0 Å². The van der Waals surface area contributed by atoms with Gasteiger partial charge >= 0.3 is 5.97 Å². The number of ether oxygens (including phenoxy) is 2. The number of benzene rings is 1. The van der Waals surface area contributed by atoms with Gasteiger partial charge in [0.15, 0.2) is 6.61 Å². The lowest BCUT2D eigenvalue weighted by atomic mass is 10.1. The number of thiophene rings is 1. The monoisotopic (exact) mass is 373 g/mol. The SMILES string of the molecule is CCOC(=O)c1c(NC(=O)COc2cccc(CC)c2)sc2c1CCC2. The van der Waals surface area contributed by atoms with Crippen LogP contribution in [0.3, 0.4) is 0 Å². The molecule has 1 N–H and O–H groups in total. The summed E-state index contributed by atoms with van der Waals surface area (Å²) in [6.45, 7) is 4.06. The number of rotatable bonds is 7. The Morgan fingerprint density at radius 3 is 2.85 bits per heavy atom. The molecule has 26 heavy (non-hydrogen) atoms. The molecule has 0 saturated heterocycles. The zero-order valence-corrected chi connectivity index (χ0v) is 15.9. The number of carbonyl (C=O) groups is 2. The Morgan fingerprint density at radius 2 is 2.08 bits per heavy atom. The van der Waals surface area contributed by atoms with Gasteiger partial charge in [-0.2, -0.15) is 0 Å². The van der Waals surface area contributed by atoms with Crippen LogP contribution in [0.2, 0.25) is 0 Å². The fraction of sp³-hybridized carbons (Fsp3) is 0.400. The maximum Gasteiger partial charge on any atom is 0.341 e. The molecule has 1 aliphatic rings. The Kier molecular flexibility index (Phi) is 5.93. The van der Waals surface area contributed by atoms with Crippen LogP contribution in [0, 0.1) is 0 Å². The second-order valence-electron chi connectivity index (χ2n) is 6.12. The molecule has 1 aliphatic carbocycles. The first-order valence-corrected chi connectivity index (χ1v) is 9.77. The Hall–Kier alpha value is -2.34. The topological polar surface area (TPSA) is 64.6 Å². The van der Waals surface area contributed by atoms with Gasteiger partial charge in [-0.3, -0.25) is 4.79 Å². The van der Waals surface area contributed by atoms with E-state index >= 15 is 0 Å². The maximum absolute atomic E-state index is 12.3. The van der Waals surface area contributed by atoms with E-state index in [1.165, 1.54) is 16.2 Å². The summed E-state index contributed by atoms with van der Waals surface area (Å²) in [5.74, 6) is 0.0231. The third-order valence-corrected chi connectivity index (χ3v) is 5.54. The van der Waals surface area contributed by atoms with Crippen molar-refractivity contribution in [3.63, 3.8) is 0 Å². The second-order valence-corrected chi connectivity index (χ2v) is 7.22. The van der Waals surface area contributed by atoms with Gasteiger partial charge in [0.1, 0.15) is 10.8 Å². The summed E-state index contributed by atoms with van der Waals surface area (Å²) >= 11 is 1.47. The van der Waals surface area contributed by atoms with Crippen LogP contribution in [0.4, 0.5) is 5.00 Å². The third-order valence-electron chi connectivity index (χ3n) is 4.33. The molecule has 0 spiro atoms. The van der Waals surface area contributed by atoms with E-state index in [0.29, 0.717) is 22.9 Å². The Bertz CT molecular complexity index is 812. The maximum atomic E-state index is 12.3. The standard InChI is InChI=1S/C20H23NO4S/c1-3-13-7-5-8-14(11-13)25-12-17(22)21-19-18(20(23)24-4-2)15-9-6-10-16(15)26-19/h5,7-8,11H,3-4,6,9-10,12H2,1-2H3,(H,21,22). The molecule has 1 aromatic heterocycles. The van der Waals surface area contributed by atoms with Crippen LogP contribution in [0.25, 0.3) is 0 Å². The predicted molar refractivity (Wildman–Crippen MR) is 102 cm³/mol. The average molecular weight is 373 g/mol. The van der Waals surface area contributed by atoms with Crippen LogP contribution >= 0.6 is 11.3 Å². The van der Waals surface area contributed by atoms with Crippen molar-refractivity contribution in [1.82, 2.24) is 0 Å². The molecule has 138 valence electrons. The molecule has 2 aromatic rings. The van der Waals surface area contributed by atoms with Crippen molar-refractivity contribution in [2.75, 3.05) is 18.5 Å². The van der Waals surface area contributed by atoms with E-state index in [1.54, 1.807) is 6.92 Å². The Morgan fingerprint density at radius 1 is 1.23 bits per heavy atom. The lowest BCUT2D eigenvalue weighted by molar-refractivity contribution is -0.118. The minimum atomic E-state index is -0.362. The molecular weight excluding hydrogens is 350 g/mol. The van der Waals surface area contributed by atoms with E-state index in [1.807, 2.05) is 24.3 Å². The zero-order valence-electron chi connectivity index (χ0n) is 15.1. The summed E-state index contributed by atoms with van der Waals surface area (Å²) in [6, 6.07) is 7.69. The molecule has 0 aliphatic heterocycles. The molecule has 1 heterocycles. The van der Waals surface area contributed by atoms with Crippen molar-refractivity contribution in [2.45, 2.75) is 39.5 Å². The Balaban J connectivity index is 1.68. The van der Waals surface area contributed by atoms with E-state index in [-0.39, 0.29) is 18.5 Å². The normalized spacial score (nSPS) is 12.5. The molecule has 0 radical (unpaired) electrons. The number of amides is 1. The van der Waals surface area contributed by atoms with Gasteiger partial charge in [0.25, 0.3) is 5.91 Å². The molecule has 0 atom stereocenters. The minimum Gasteiger partial charge on any atom is -0.484 e. The van der Waals surface area contributed by atoms with E-state index in [4.69, 9.17) is 9.47 Å². The molecular formula is C20H23NO4S. The Labute approximate surface area is 157 Å². The number of anilines is 1. The van der Waals surface area contributed by atoms with Crippen LogP contribution in [-0.2, 0) is 28.8 Å². The smallest absolute Gasteiger partial charge is 0.341 e. The van der Waals surface area contributed by atoms with E-state index in [9.17, 15) is 9.59 Å². The number of hydrogen-bond donors (Lipinski definition) is 1. The molecule has 1 amide bonds. The van der Waals surface area contributed by atoms with Gasteiger partial charge < -0.3 is 14.8 Å². The van der Waals surface area contributed by atoms with Crippen molar-refractivity contribution in [3.05, 3.63) is 45.8 Å². The van der Waals surface area contributed by atoms with Crippen LogP contribution in [-0.4, -0.2) is 25.1 Å². The largest absolute Gasteiger partial charge is 0.484 e. The van der Waals surface area contributed by atoms with Gasteiger partial charge in [-0.25, -0.2) is 4.79 Å². The van der Waals surface area contributed by atoms with Crippen molar-refractivity contribution in [1.29, 1.82) is 0 Å². The predicted octanol–water partition coefficient (Wildman–Crippen LogP) is 3.99. The highest BCUT2D eigenvalue weighted by Crippen LogP contribution is 2.39. The van der Waals surface area contributed by atoms with Crippen molar-refractivity contribution in [3.8, 4) is 5.75 Å². The highest BCUT2D eigenvalue weighted by molar-refractivity contribution is 7.17. The molecule has 0 fully saturated rings. The number of aryl methyl sites for hydroxylation is 2. The number of fused-ring (bicyclic) bond motifs is 1. The third kappa shape index (κ3) is 4.07. The van der Waals surface area contributed by atoms with Gasteiger partial charge in [-0.15, -0.1) is 11.3 Å². The zero-order chi connectivity index (χ0) is 18.5. The minimum absolute atomic E-state index is 0.0992. The molecule has 3 rings (SSSR count). The molecule has 1 aromatic carbocycles. The number of carbonyl (C=O) groups excluding carboxylic acids is 2. The summed E-state index contributed by atoms with van der Waals surface area (Å²) in [7, 11) is 0. The highest BCUT2D eigenvalue weighted by atomic mass is 32.1. The van der Waals surface area contributed by atoms with Crippen molar-refractivity contribution >= 4 is 28.2 Å². The van der Waals surface area contributed by atoms with Gasteiger partial charge in [-0.1, -0.05) is 19.1 Å². The van der Waals surface area contributed by atoms with E-state index in [0.717, 1.165) is 36.8 Å². The summed E-state index contributed by atoms with van der Waals surface area (Å²) in [5, 5.41) is 3.41. The summed E-state index contributed by atoms with van der Waals surface area (Å²) in [4.78, 5) is 25.8. The second kappa shape index (κ2) is 8.36. The average Bonchev–Trinajstić information content (AvgIpc) is 3.21. The lowest BCUT2D eigenvalue weighted by Crippen LogP contribution is -2.21. The summed E-state index contributed by atoms with van der Waals surface area (Å²) < 4.78 is 10.8. The van der Waals surface area contributed by atoms with Crippen LogP contribution < -0.4 is 10.1 Å². The van der Waals surface area contributed by atoms with Gasteiger partial charge in [-0.05, 0) is 55.9 Å². The fourth-order valence-electron chi connectivity index (χ4n) is 3.08. The van der Waals surface area contributed by atoms with Gasteiger partial charge in [0, 0.05) is 4.88 Å². The number of hydrogen-bond acceptors (Lipinski definition) is 5. The first kappa shape index (κ1) is 18.5. The molecule has 5 nitrogen and oxygen atoms in total. The van der Waals surface area contributed by atoms with Crippen LogP contribution in [0.5, 0.6) is 5.75 Å². The first-order chi connectivity index (χ1) is 12.6. The van der Waals surface area contributed by atoms with Crippen molar-refractivity contribution in [2.24, 2.45) is 0 Å². The molecule has 6 heteroatoms. The summed E-state index contributed by atoms with van der Waals surface area (Å²) in [6.07, 6.45) is 3.75. The van der Waals surface area contributed by atoms with Gasteiger partial charge in [0.2, 0.25) is 0 Å². The highest BCUT2D eigenvalue weighted by Gasteiger charge is 2.28. The lowest BCUT2D eigenvalue weighted by Gasteiger charge is -2.09. The first-order valence-electron chi connectivity index (χ1n) is 8.95. The quantitative estimate of drug-likeness (QED) is 0.745.